The van der Waals surface area contributed by atoms with Gasteiger partial charge in [-0.3, -0.25) is 0 Å². The number of phenolic OH excluding ortho intramolecular Hbond substituents is 1. The third kappa shape index (κ3) is 2.86. The quantitative estimate of drug-likeness (QED) is 0.777. The zero-order valence-corrected chi connectivity index (χ0v) is 10.1. The predicted molar refractivity (Wildman–Crippen MR) is 64.6 cm³/mol. The van der Waals surface area contributed by atoms with E-state index in [1.165, 1.54) is 0 Å². The van der Waals surface area contributed by atoms with Crippen LogP contribution in [0.4, 0.5) is 0 Å². The Morgan fingerprint density at radius 1 is 1.33 bits per heavy atom. The lowest BCUT2D eigenvalue weighted by Gasteiger charge is -2.12. The van der Waals surface area contributed by atoms with Crippen LogP contribution in [-0.2, 0) is 6.42 Å². The second kappa shape index (κ2) is 5.38. The molecule has 0 fully saturated rings. The van der Waals surface area contributed by atoms with E-state index in [-0.39, 0.29) is 0 Å². The van der Waals surface area contributed by atoms with E-state index in [0.29, 0.717) is 12.3 Å². The third-order valence-electron chi connectivity index (χ3n) is 2.69. The first-order valence-electron chi connectivity index (χ1n) is 5.25. The van der Waals surface area contributed by atoms with Crippen molar-refractivity contribution in [2.75, 3.05) is 6.54 Å². The maximum atomic E-state index is 9.78. The van der Waals surface area contributed by atoms with Crippen molar-refractivity contribution in [1.29, 1.82) is 0 Å². The Bertz CT molecular complexity index is 350. The SMILES string of the molecule is Cc1cc(Cl)c(CCCCN)c(C)c1O. The molecule has 15 heavy (non-hydrogen) atoms. The molecular weight excluding hydrogens is 210 g/mol. The number of unbranched alkanes of at least 4 members (excludes halogenated alkanes) is 1. The van der Waals surface area contributed by atoms with Gasteiger partial charge in [0.05, 0.1) is 0 Å². The molecule has 1 rings (SSSR count). The molecule has 0 radical (unpaired) electrons. The summed E-state index contributed by atoms with van der Waals surface area (Å²) in [5.74, 6) is 0.363. The Labute approximate surface area is 96.1 Å². The molecule has 0 saturated carbocycles. The van der Waals surface area contributed by atoms with Crippen LogP contribution in [0.5, 0.6) is 5.75 Å². The summed E-state index contributed by atoms with van der Waals surface area (Å²) in [6.07, 6.45) is 2.89. The van der Waals surface area contributed by atoms with E-state index in [1.54, 1.807) is 0 Å². The molecule has 0 aliphatic heterocycles. The molecule has 0 amide bonds. The van der Waals surface area contributed by atoms with E-state index in [1.807, 2.05) is 19.9 Å². The maximum absolute atomic E-state index is 9.78. The van der Waals surface area contributed by atoms with Crippen molar-refractivity contribution in [2.45, 2.75) is 33.1 Å². The zero-order valence-electron chi connectivity index (χ0n) is 9.31. The lowest BCUT2D eigenvalue weighted by Crippen LogP contribution is -2.00. The average Bonchev–Trinajstić information content (AvgIpc) is 2.20. The number of rotatable bonds is 4. The molecule has 1 aromatic carbocycles. The second-order valence-electron chi connectivity index (χ2n) is 3.87. The molecule has 3 N–H and O–H groups in total. The first-order chi connectivity index (χ1) is 7.07. The fourth-order valence-electron chi connectivity index (χ4n) is 1.72. The molecule has 0 aromatic heterocycles. The monoisotopic (exact) mass is 227 g/mol. The minimum absolute atomic E-state index is 0.363. The van der Waals surface area contributed by atoms with Crippen molar-refractivity contribution in [2.24, 2.45) is 5.73 Å². The predicted octanol–water partition coefficient (Wildman–Crippen LogP) is 2.94. The fourth-order valence-corrected chi connectivity index (χ4v) is 2.12. The van der Waals surface area contributed by atoms with Gasteiger partial charge in [0.2, 0.25) is 0 Å². The Morgan fingerprint density at radius 3 is 2.60 bits per heavy atom. The van der Waals surface area contributed by atoms with Gasteiger partial charge in [0, 0.05) is 5.02 Å². The van der Waals surface area contributed by atoms with Gasteiger partial charge >= 0.3 is 0 Å². The number of aryl methyl sites for hydroxylation is 1. The Balaban J connectivity index is 2.92. The summed E-state index contributed by atoms with van der Waals surface area (Å²) in [7, 11) is 0. The van der Waals surface area contributed by atoms with Crippen LogP contribution < -0.4 is 5.73 Å². The summed E-state index contributed by atoms with van der Waals surface area (Å²) in [6, 6.07) is 1.82. The normalized spacial score (nSPS) is 10.7. The van der Waals surface area contributed by atoms with Crippen LogP contribution in [0.3, 0.4) is 0 Å². The second-order valence-corrected chi connectivity index (χ2v) is 4.28. The summed E-state index contributed by atoms with van der Waals surface area (Å²) in [5, 5.41) is 10.5. The highest BCUT2D eigenvalue weighted by atomic mass is 35.5. The number of benzene rings is 1. The highest BCUT2D eigenvalue weighted by Gasteiger charge is 2.10. The molecule has 0 aliphatic rings. The molecule has 0 saturated heterocycles. The number of hydrogen-bond acceptors (Lipinski definition) is 2. The van der Waals surface area contributed by atoms with Crippen LogP contribution in [0, 0.1) is 13.8 Å². The maximum Gasteiger partial charge on any atom is 0.121 e. The summed E-state index contributed by atoms with van der Waals surface area (Å²) in [6.45, 7) is 4.47. The van der Waals surface area contributed by atoms with Crippen molar-refractivity contribution in [1.82, 2.24) is 0 Å². The minimum atomic E-state index is 0.363. The van der Waals surface area contributed by atoms with Gasteiger partial charge in [0.1, 0.15) is 5.75 Å². The molecule has 84 valence electrons. The van der Waals surface area contributed by atoms with E-state index in [9.17, 15) is 5.11 Å². The number of phenols is 1. The first kappa shape index (κ1) is 12.3. The van der Waals surface area contributed by atoms with Crippen molar-refractivity contribution >= 4 is 11.6 Å². The Morgan fingerprint density at radius 2 is 2.00 bits per heavy atom. The third-order valence-corrected chi connectivity index (χ3v) is 3.03. The van der Waals surface area contributed by atoms with Crippen molar-refractivity contribution < 1.29 is 5.11 Å². The summed E-state index contributed by atoms with van der Waals surface area (Å²) >= 11 is 6.14. The van der Waals surface area contributed by atoms with Crippen LogP contribution >= 0.6 is 11.6 Å². The van der Waals surface area contributed by atoms with Gasteiger partial charge in [-0.15, -0.1) is 0 Å². The summed E-state index contributed by atoms with van der Waals surface area (Å²) in [4.78, 5) is 0. The molecular formula is C12H18ClNO. The van der Waals surface area contributed by atoms with Gasteiger partial charge < -0.3 is 10.8 Å². The lowest BCUT2D eigenvalue weighted by molar-refractivity contribution is 0.465. The van der Waals surface area contributed by atoms with Gasteiger partial charge in [-0.1, -0.05) is 11.6 Å². The first-order valence-corrected chi connectivity index (χ1v) is 5.63. The minimum Gasteiger partial charge on any atom is -0.507 e. The average molecular weight is 228 g/mol. The largest absolute Gasteiger partial charge is 0.507 e. The van der Waals surface area contributed by atoms with E-state index in [2.05, 4.69) is 0 Å². The standard InChI is InChI=1S/C12H18ClNO/c1-8-7-11(13)10(5-3-4-6-14)9(2)12(8)15/h7,15H,3-6,14H2,1-2H3. The summed E-state index contributed by atoms with van der Waals surface area (Å²) in [5.41, 5.74) is 8.22. The van der Waals surface area contributed by atoms with Crippen LogP contribution in [-0.4, -0.2) is 11.7 Å². The van der Waals surface area contributed by atoms with Gasteiger partial charge in [-0.05, 0) is 62.4 Å². The molecule has 1 aromatic rings. The Hall–Kier alpha value is -0.730. The molecule has 0 bridgehead atoms. The van der Waals surface area contributed by atoms with Gasteiger partial charge in [0.25, 0.3) is 0 Å². The zero-order chi connectivity index (χ0) is 11.4. The number of nitrogens with two attached hydrogens (primary N) is 1. The van der Waals surface area contributed by atoms with Crippen molar-refractivity contribution in [3.63, 3.8) is 0 Å². The lowest BCUT2D eigenvalue weighted by atomic mass is 9.99. The van der Waals surface area contributed by atoms with E-state index in [4.69, 9.17) is 17.3 Å². The van der Waals surface area contributed by atoms with Gasteiger partial charge in [0.15, 0.2) is 0 Å². The molecule has 3 heteroatoms. The van der Waals surface area contributed by atoms with E-state index >= 15 is 0 Å². The van der Waals surface area contributed by atoms with Crippen LogP contribution in [0.25, 0.3) is 0 Å². The smallest absolute Gasteiger partial charge is 0.121 e. The molecule has 0 unspecified atom stereocenters. The highest BCUT2D eigenvalue weighted by Crippen LogP contribution is 2.31. The van der Waals surface area contributed by atoms with Crippen molar-refractivity contribution in [3.8, 4) is 5.75 Å². The van der Waals surface area contributed by atoms with Gasteiger partial charge in [-0.2, -0.15) is 0 Å². The van der Waals surface area contributed by atoms with Crippen LogP contribution in [0.2, 0.25) is 5.02 Å². The van der Waals surface area contributed by atoms with E-state index in [0.717, 1.165) is 41.0 Å². The molecule has 0 spiro atoms. The van der Waals surface area contributed by atoms with Gasteiger partial charge in [-0.25, -0.2) is 0 Å². The molecule has 2 nitrogen and oxygen atoms in total. The molecule has 0 atom stereocenters. The highest BCUT2D eigenvalue weighted by molar-refractivity contribution is 6.31. The molecule has 0 heterocycles. The Kier molecular flexibility index (Phi) is 4.43. The van der Waals surface area contributed by atoms with Crippen molar-refractivity contribution in [3.05, 3.63) is 27.8 Å². The number of aromatic hydroxyl groups is 1. The molecule has 0 aliphatic carbocycles. The summed E-state index contributed by atoms with van der Waals surface area (Å²) < 4.78 is 0. The van der Waals surface area contributed by atoms with Crippen LogP contribution in [0.15, 0.2) is 6.07 Å². The van der Waals surface area contributed by atoms with E-state index < -0.39 is 0 Å². The number of halogens is 1. The number of hydrogen-bond donors (Lipinski definition) is 2. The topological polar surface area (TPSA) is 46.2 Å². The fraction of sp³-hybridized carbons (Fsp3) is 0.500. The van der Waals surface area contributed by atoms with Crippen LogP contribution in [0.1, 0.15) is 29.5 Å².